The number of hydrogen-bond donors (Lipinski definition) is 1. The largest absolute Gasteiger partial charge is 0.369 e. The minimum Gasteiger partial charge on any atom is -0.369 e. The van der Waals surface area contributed by atoms with Gasteiger partial charge in [-0.25, -0.2) is 4.98 Å². The zero-order chi connectivity index (χ0) is 21.4. The van der Waals surface area contributed by atoms with E-state index in [1.54, 1.807) is 6.20 Å². The highest BCUT2D eigenvalue weighted by Crippen LogP contribution is 2.42. The zero-order valence-electron chi connectivity index (χ0n) is 17.3. The average Bonchev–Trinajstić information content (AvgIpc) is 3.13. The monoisotopic (exact) mass is 430 g/mol. The molecular formula is C25H23ClN4O. The maximum atomic E-state index is 11.4. The van der Waals surface area contributed by atoms with Crippen LogP contribution in [0.25, 0.3) is 33.4 Å². The Morgan fingerprint density at radius 1 is 1.03 bits per heavy atom. The van der Waals surface area contributed by atoms with Crippen LogP contribution < -0.4 is 10.2 Å². The standard InChI is InChI=1S/C25H23ClN4O/c1-29-24(18-5-7-20(8-6-18)30-13-11-27-12-14-30)22(19-4-2-3-17(15-19)16-31)23-21(26)9-10-28-25(23)29/h2-10,15-16,27H,11-14H2,1H3. The number of piperazine rings is 1. The molecule has 1 aliphatic rings. The highest BCUT2D eigenvalue weighted by molar-refractivity contribution is 6.37. The average molecular weight is 431 g/mol. The number of nitrogens with zero attached hydrogens (tertiary/aromatic N) is 3. The number of pyridine rings is 1. The Kier molecular flexibility index (Phi) is 5.22. The van der Waals surface area contributed by atoms with Gasteiger partial charge in [0.25, 0.3) is 0 Å². The fourth-order valence-electron chi connectivity index (χ4n) is 4.45. The highest BCUT2D eigenvalue weighted by atomic mass is 35.5. The van der Waals surface area contributed by atoms with Gasteiger partial charge in [0.15, 0.2) is 0 Å². The normalized spacial score (nSPS) is 14.2. The van der Waals surface area contributed by atoms with Crippen LogP contribution in [0.15, 0.2) is 60.8 Å². The maximum Gasteiger partial charge on any atom is 0.150 e. The van der Waals surface area contributed by atoms with E-state index in [1.807, 2.05) is 37.4 Å². The molecule has 156 valence electrons. The number of carbonyl (C=O) groups excluding carboxylic acids is 1. The van der Waals surface area contributed by atoms with Gasteiger partial charge in [-0.1, -0.05) is 41.9 Å². The molecule has 3 heterocycles. The van der Waals surface area contributed by atoms with E-state index in [9.17, 15) is 4.79 Å². The van der Waals surface area contributed by atoms with E-state index >= 15 is 0 Å². The zero-order valence-corrected chi connectivity index (χ0v) is 18.1. The van der Waals surface area contributed by atoms with Gasteiger partial charge >= 0.3 is 0 Å². The Hall–Kier alpha value is -3.15. The van der Waals surface area contributed by atoms with Crippen LogP contribution in [-0.2, 0) is 7.05 Å². The van der Waals surface area contributed by atoms with Gasteiger partial charge in [0.05, 0.1) is 10.7 Å². The van der Waals surface area contributed by atoms with Gasteiger partial charge in [0.1, 0.15) is 11.9 Å². The Labute approximate surface area is 186 Å². The van der Waals surface area contributed by atoms with Gasteiger partial charge in [-0.3, -0.25) is 4.79 Å². The lowest BCUT2D eigenvalue weighted by Crippen LogP contribution is -2.43. The summed E-state index contributed by atoms with van der Waals surface area (Å²) in [6.45, 7) is 4.03. The van der Waals surface area contributed by atoms with Crippen LogP contribution in [0.2, 0.25) is 5.02 Å². The number of anilines is 1. The second-order valence-corrected chi connectivity index (χ2v) is 8.21. The van der Waals surface area contributed by atoms with Crippen molar-refractivity contribution in [2.45, 2.75) is 0 Å². The molecule has 0 amide bonds. The van der Waals surface area contributed by atoms with Crippen LogP contribution in [0.5, 0.6) is 0 Å². The number of aryl methyl sites for hydroxylation is 1. The fourth-order valence-corrected chi connectivity index (χ4v) is 4.68. The summed E-state index contributed by atoms with van der Waals surface area (Å²) in [6.07, 6.45) is 2.60. The fraction of sp³-hybridized carbons (Fsp3) is 0.200. The molecule has 0 radical (unpaired) electrons. The molecule has 6 heteroatoms. The first-order valence-corrected chi connectivity index (χ1v) is 10.8. The van der Waals surface area contributed by atoms with Crippen LogP contribution >= 0.6 is 11.6 Å². The van der Waals surface area contributed by atoms with Crippen molar-refractivity contribution < 1.29 is 4.79 Å². The lowest BCUT2D eigenvalue weighted by molar-refractivity contribution is 0.112. The molecule has 0 spiro atoms. The number of rotatable bonds is 4. The van der Waals surface area contributed by atoms with Crippen molar-refractivity contribution >= 4 is 34.6 Å². The molecule has 0 bridgehead atoms. The first kappa shape index (κ1) is 19.8. The van der Waals surface area contributed by atoms with Gasteiger partial charge in [-0.15, -0.1) is 0 Å². The van der Waals surface area contributed by atoms with E-state index in [0.717, 1.165) is 65.9 Å². The van der Waals surface area contributed by atoms with Gasteiger partial charge in [0.2, 0.25) is 0 Å². The van der Waals surface area contributed by atoms with E-state index in [-0.39, 0.29) is 0 Å². The molecule has 0 saturated carbocycles. The number of nitrogens with one attached hydrogen (secondary N) is 1. The van der Waals surface area contributed by atoms with Gasteiger partial charge in [-0.05, 0) is 35.4 Å². The number of carbonyl (C=O) groups is 1. The van der Waals surface area contributed by atoms with E-state index in [4.69, 9.17) is 11.6 Å². The van der Waals surface area contributed by atoms with Gasteiger partial charge in [0, 0.05) is 61.6 Å². The first-order valence-electron chi connectivity index (χ1n) is 10.4. The second-order valence-electron chi connectivity index (χ2n) is 7.80. The van der Waals surface area contributed by atoms with E-state index in [2.05, 4.69) is 44.0 Å². The Morgan fingerprint density at radius 3 is 2.55 bits per heavy atom. The van der Waals surface area contributed by atoms with Crippen LogP contribution in [0, 0.1) is 0 Å². The van der Waals surface area contributed by atoms with E-state index in [0.29, 0.717) is 10.6 Å². The summed E-state index contributed by atoms with van der Waals surface area (Å²) < 4.78 is 2.09. The number of aromatic nitrogens is 2. The van der Waals surface area contributed by atoms with Crippen molar-refractivity contribution in [3.8, 4) is 22.4 Å². The number of halogens is 1. The van der Waals surface area contributed by atoms with Crippen molar-refractivity contribution in [1.82, 2.24) is 14.9 Å². The predicted octanol–water partition coefficient (Wildman–Crippen LogP) is 4.78. The lowest BCUT2D eigenvalue weighted by atomic mass is 9.97. The Balaban J connectivity index is 1.70. The number of fused-ring (bicyclic) bond motifs is 1. The molecule has 1 aliphatic heterocycles. The molecule has 0 atom stereocenters. The summed E-state index contributed by atoms with van der Waals surface area (Å²) in [5, 5.41) is 4.94. The smallest absolute Gasteiger partial charge is 0.150 e. The van der Waals surface area contributed by atoms with Crippen LogP contribution in [0.3, 0.4) is 0 Å². The van der Waals surface area contributed by atoms with Crippen molar-refractivity contribution in [3.05, 3.63) is 71.4 Å². The van der Waals surface area contributed by atoms with Crippen molar-refractivity contribution in [3.63, 3.8) is 0 Å². The van der Waals surface area contributed by atoms with Crippen LogP contribution in [-0.4, -0.2) is 42.0 Å². The Morgan fingerprint density at radius 2 is 1.81 bits per heavy atom. The third-order valence-electron chi connectivity index (χ3n) is 5.95. The summed E-state index contributed by atoms with van der Waals surface area (Å²) >= 11 is 6.65. The molecule has 5 rings (SSSR count). The van der Waals surface area contributed by atoms with Gasteiger partial charge in [-0.2, -0.15) is 0 Å². The minimum absolute atomic E-state index is 0.634. The van der Waals surface area contributed by atoms with Crippen LogP contribution in [0.4, 0.5) is 5.69 Å². The Bertz CT molecular complexity index is 1260. The molecular weight excluding hydrogens is 408 g/mol. The molecule has 1 fully saturated rings. The molecule has 2 aromatic carbocycles. The van der Waals surface area contributed by atoms with E-state index in [1.165, 1.54) is 5.69 Å². The van der Waals surface area contributed by atoms with Crippen molar-refractivity contribution in [1.29, 1.82) is 0 Å². The molecule has 4 aromatic rings. The highest BCUT2D eigenvalue weighted by Gasteiger charge is 2.22. The molecule has 31 heavy (non-hydrogen) atoms. The van der Waals surface area contributed by atoms with Gasteiger partial charge < -0.3 is 14.8 Å². The molecule has 1 N–H and O–H groups in total. The molecule has 2 aromatic heterocycles. The maximum absolute atomic E-state index is 11.4. The predicted molar refractivity (Wildman–Crippen MR) is 127 cm³/mol. The SMILES string of the molecule is Cn1c(-c2ccc(N3CCNCC3)cc2)c(-c2cccc(C=O)c2)c2c(Cl)ccnc21. The third kappa shape index (κ3) is 3.50. The summed E-state index contributed by atoms with van der Waals surface area (Å²) in [6, 6.07) is 18.1. The first-order chi connectivity index (χ1) is 15.2. The summed E-state index contributed by atoms with van der Waals surface area (Å²) in [5.74, 6) is 0. The molecule has 5 nitrogen and oxygen atoms in total. The van der Waals surface area contributed by atoms with Crippen LogP contribution in [0.1, 0.15) is 10.4 Å². The molecule has 0 aliphatic carbocycles. The number of hydrogen-bond acceptors (Lipinski definition) is 4. The van der Waals surface area contributed by atoms with Crippen molar-refractivity contribution in [2.24, 2.45) is 7.05 Å². The summed E-state index contributed by atoms with van der Waals surface area (Å²) in [4.78, 5) is 18.4. The molecule has 0 unspecified atom stereocenters. The summed E-state index contributed by atoms with van der Waals surface area (Å²) in [7, 11) is 2.01. The number of aldehydes is 1. The number of benzene rings is 2. The topological polar surface area (TPSA) is 50.2 Å². The van der Waals surface area contributed by atoms with Crippen molar-refractivity contribution in [2.75, 3.05) is 31.1 Å². The second kappa shape index (κ2) is 8.17. The third-order valence-corrected chi connectivity index (χ3v) is 6.27. The molecule has 1 saturated heterocycles. The minimum atomic E-state index is 0.634. The van der Waals surface area contributed by atoms with E-state index < -0.39 is 0 Å². The lowest BCUT2D eigenvalue weighted by Gasteiger charge is -2.29. The quantitative estimate of drug-likeness (QED) is 0.473. The summed E-state index contributed by atoms with van der Waals surface area (Å²) in [5.41, 5.74) is 6.74.